The summed E-state index contributed by atoms with van der Waals surface area (Å²) in [5, 5.41) is 3.30. The van der Waals surface area contributed by atoms with Crippen LogP contribution < -0.4 is 0 Å². The van der Waals surface area contributed by atoms with Gasteiger partial charge in [-0.15, -0.1) is 0 Å². The second kappa shape index (κ2) is 12.1. The van der Waals surface area contributed by atoms with Crippen molar-refractivity contribution in [3.63, 3.8) is 0 Å². The Morgan fingerprint density at radius 1 is 0.535 bits per heavy atom. The smallest absolute Gasteiger partial charge is 0.261 e. The van der Waals surface area contributed by atoms with Gasteiger partial charge in [-0.1, -0.05) is 55.5 Å². The summed E-state index contributed by atoms with van der Waals surface area (Å²) >= 11 is 0. The number of rotatable bonds is 12. The van der Waals surface area contributed by atoms with Crippen LogP contribution in [-0.4, -0.2) is 96.1 Å². The van der Waals surface area contributed by atoms with Gasteiger partial charge in [0.15, 0.2) is 0 Å². The van der Waals surface area contributed by atoms with Crippen molar-refractivity contribution in [2.45, 2.75) is 19.8 Å². The van der Waals surface area contributed by atoms with Crippen LogP contribution in [0.15, 0.2) is 72.8 Å². The number of benzene rings is 4. The number of imide groups is 2. The van der Waals surface area contributed by atoms with Crippen molar-refractivity contribution < 1.29 is 19.2 Å². The van der Waals surface area contributed by atoms with Gasteiger partial charge in [0.1, 0.15) is 0 Å². The summed E-state index contributed by atoms with van der Waals surface area (Å²) in [7, 11) is 2.00. The molecule has 8 nitrogen and oxygen atoms in total. The van der Waals surface area contributed by atoms with Crippen molar-refractivity contribution in [1.29, 1.82) is 0 Å². The largest absolute Gasteiger partial charge is 0.305 e. The second-order valence-corrected chi connectivity index (χ2v) is 11.4. The maximum absolute atomic E-state index is 13.3. The zero-order valence-corrected chi connectivity index (χ0v) is 24.7. The molecule has 8 heteroatoms. The Balaban J connectivity index is 1.02. The molecule has 0 fully saturated rings. The van der Waals surface area contributed by atoms with E-state index >= 15 is 0 Å². The van der Waals surface area contributed by atoms with Gasteiger partial charge in [0.2, 0.25) is 0 Å². The van der Waals surface area contributed by atoms with E-state index in [0.717, 1.165) is 54.0 Å². The summed E-state index contributed by atoms with van der Waals surface area (Å²) in [6.07, 6.45) is 1.85. The molecule has 2 heterocycles. The molecule has 0 atom stereocenters. The van der Waals surface area contributed by atoms with Gasteiger partial charge >= 0.3 is 0 Å². The van der Waals surface area contributed by atoms with Crippen LogP contribution in [0.25, 0.3) is 21.5 Å². The summed E-state index contributed by atoms with van der Waals surface area (Å²) in [6.45, 7) is 6.44. The fourth-order valence-electron chi connectivity index (χ4n) is 6.41. The molecule has 0 aliphatic carbocycles. The molecule has 0 radical (unpaired) electrons. The van der Waals surface area contributed by atoms with Crippen molar-refractivity contribution in [3.8, 4) is 0 Å². The molecule has 0 bridgehead atoms. The molecule has 0 saturated carbocycles. The minimum Gasteiger partial charge on any atom is -0.305 e. The molecule has 4 amide bonds. The Kier molecular flexibility index (Phi) is 8.06. The minimum atomic E-state index is -0.238. The topological polar surface area (TPSA) is 81.2 Å². The quantitative estimate of drug-likeness (QED) is 0.223. The number of carbonyl (C=O) groups excluding carboxylic acids is 4. The highest BCUT2D eigenvalue weighted by molar-refractivity contribution is 6.26. The molecule has 0 N–H and O–H groups in total. The summed E-state index contributed by atoms with van der Waals surface area (Å²) in [5.41, 5.74) is 2.33. The van der Waals surface area contributed by atoms with Crippen LogP contribution in [0, 0.1) is 0 Å². The lowest BCUT2D eigenvalue weighted by Gasteiger charge is -2.30. The summed E-state index contributed by atoms with van der Waals surface area (Å²) in [6, 6.07) is 22.4. The van der Waals surface area contributed by atoms with Crippen molar-refractivity contribution >= 4 is 45.2 Å². The van der Waals surface area contributed by atoms with E-state index in [1.54, 1.807) is 24.3 Å². The van der Waals surface area contributed by atoms with E-state index in [1.807, 2.05) is 55.6 Å². The average Bonchev–Trinajstić information content (AvgIpc) is 3.02. The lowest BCUT2D eigenvalue weighted by molar-refractivity contribution is 0.0583. The third-order valence-electron chi connectivity index (χ3n) is 8.61. The van der Waals surface area contributed by atoms with Crippen LogP contribution >= 0.6 is 0 Å². The fourth-order valence-corrected chi connectivity index (χ4v) is 6.41. The van der Waals surface area contributed by atoms with Gasteiger partial charge in [-0.3, -0.25) is 29.0 Å². The molecule has 220 valence electrons. The Hall–Kier alpha value is -4.40. The predicted octanol–water partition coefficient (Wildman–Crippen LogP) is 4.92. The van der Waals surface area contributed by atoms with E-state index in [0.29, 0.717) is 48.4 Å². The Morgan fingerprint density at radius 2 is 0.953 bits per heavy atom. The van der Waals surface area contributed by atoms with Crippen molar-refractivity contribution in [3.05, 3.63) is 95.1 Å². The van der Waals surface area contributed by atoms with Crippen molar-refractivity contribution in [2.75, 3.05) is 52.9 Å². The molecule has 4 aromatic rings. The fraction of sp³-hybridized carbons (Fsp3) is 0.314. The normalized spacial score (nSPS) is 14.7. The molecule has 6 rings (SSSR count). The van der Waals surface area contributed by atoms with E-state index in [9.17, 15) is 19.2 Å². The van der Waals surface area contributed by atoms with Crippen molar-refractivity contribution in [2.24, 2.45) is 0 Å². The molecule has 0 spiro atoms. The van der Waals surface area contributed by atoms with Crippen LogP contribution in [0.1, 0.15) is 61.2 Å². The van der Waals surface area contributed by atoms with Crippen LogP contribution in [0.4, 0.5) is 0 Å². The summed E-state index contributed by atoms with van der Waals surface area (Å²) < 4.78 is 0. The van der Waals surface area contributed by atoms with Gasteiger partial charge in [0.25, 0.3) is 23.6 Å². The molecule has 2 aliphatic rings. The van der Waals surface area contributed by atoms with E-state index < -0.39 is 0 Å². The van der Waals surface area contributed by atoms with Gasteiger partial charge in [0, 0.05) is 59.2 Å². The highest BCUT2D eigenvalue weighted by Gasteiger charge is 2.33. The maximum atomic E-state index is 13.3. The molecule has 2 aliphatic heterocycles. The lowest BCUT2D eigenvalue weighted by Crippen LogP contribution is -2.45. The van der Waals surface area contributed by atoms with Gasteiger partial charge in [-0.25, -0.2) is 0 Å². The molecular formula is C35H36N4O4. The first kappa shape index (κ1) is 28.7. The van der Waals surface area contributed by atoms with E-state index in [2.05, 4.69) is 16.7 Å². The van der Waals surface area contributed by atoms with Crippen LogP contribution in [0.2, 0.25) is 0 Å². The number of likely N-dealkylation sites (N-methyl/N-ethyl adjacent to an activating group) is 1. The molecule has 0 aromatic heterocycles. The van der Waals surface area contributed by atoms with Crippen LogP contribution in [0.5, 0.6) is 0 Å². The van der Waals surface area contributed by atoms with E-state index in [4.69, 9.17) is 0 Å². The van der Waals surface area contributed by atoms with E-state index in [1.165, 1.54) is 9.80 Å². The number of hydrogen-bond donors (Lipinski definition) is 0. The number of carbonyl (C=O) groups is 4. The second-order valence-electron chi connectivity index (χ2n) is 11.4. The third-order valence-corrected chi connectivity index (χ3v) is 8.61. The number of hydrogen-bond acceptors (Lipinski definition) is 6. The summed E-state index contributed by atoms with van der Waals surface area (Å²) in [5.74, 6) is -0.938. The number of nitrogens with zero attached hydrogens (tertiary/aromatic N) is 4. The summed E-state index contributed by atoms with van der Waals surface area (Å²) in [4.78, 5) is 60.2. The van der Waals surface area contributed by atoms with Crippen LogP contribution in [-0.2, 0) is 0 Å². The standard InChI is InChI=1S/C35H36N4O4/c1-3-17-37(21-23-39-34(42)28-15-6-11-25-12-7-16-29(31(25)28)35(39)43)19-8-18-36(2)20-22-38-32(40)26-13-4-9-24-10-5-14-27(30(24)26)33(38)41/h4-7,9-16H,3,8,17-23H2,1-2H3. The van der Waals surface area contributed by atoms with Crippen molar-refractivity contribution in [1.82, 2.24) is 19.6 Å². The highest BCUT2D eigenvalue weighted by atomic mass is 16.2. The average molecular weight is 577 g/mol. The van der Waals surface area contributed by atoms with Gasteiger partial charge in [0.05, 0.1) is 0 Å². The molecule has 43 heavy (non-hydrogen) atoms. The molecular weight excluding hydrogens is 540 g/mol. The highest BCUT2D eigenvalue weighted by Crippen LogP contribution is 2.31. The monoisotopic (exact) mass is 576 g/mol. The molecule has 0 unspecified atom stereocenters. The van der Waals surface area contributed by atoms with Gasteiger partial charge in [-0.05, 0) is 74.6 Å². The SMILES string of the molecule is CCCN(CCCN(C)CCN1C(=O)c2cccc3cccc(c23)C1=O)CCN1C(=O)c2cccc3cccc(c23)C1=O. The lowest BCUT2D eigenvalue weighted by atomic mass is 9.94. The first-order chi connectivity index (χ1) is 20.9. The zero-order chi connectivity index (χ0) is 30.1. The van der Waals surface area contributed by atoms with Gasteiger partial charge in [-0.2, -0.15) is 0 Å². The Bertz CT molecular complexity index is 1650. The predicted molar refractivity (Wildman–Crippen MR) is 167 cm³/mol. The first-order valence-corrected chi connectivity index (χ1v) is 15.1. The molecule has 0 saturated heterocycles. The zero-order valence-electron chi connectivity index (χ0n) is 24.7. The Morgan fingerprint density at radius 3 is 1.37 bits per heavy atom. The number of amides is 4. The minimum absolute atomic E-state index is 0.230. The van der Waals surface area contributed by atoms with Gasteiger partial charge < -0.3 is 9.80 Å². The van der Waals surface area contributed by atoms with Crippen LogP contribution in [0.3, 0.4) is 0 Å². The molecule has 4 aromatic carbocycles. The first-order valence-electron chi connectivity index (χ1n) is 15.1. The Labute approximate surface area is 251 Å². The maximum Gasteiger partial charge on any atom is 0.261 e. The third kappa shape index (κ3) is 5.32. The van der Waals surface area contributed by atoms with E-state index in [-0.39, 0.29) is 23.6 Å².